The quantitative estimate of drug-likeness (QED) is 0.242. The average molecular weight is 417 g/mol. The van der Waals surface area contributed by atoms with Crippen molar-refractivity contribution < 1.29 is 29.4 Å². The highest BCUT2D eigenvalue weighted by molar-refractivity contribution is 5.94. The lowest BCUT2D eigenvalue weighted by molar-refractivity contribution is -0.144. The number of carboxylic acids is 1. The number of carboxylic acid groups (broad SMARTS) is 1. The Morgan fingerprint density at radius 1 is 0.828 bits per heavy atom. The molecule has 0 aliphatic heterocycles. The summed E-state index contributed by atoms with van der Waals surface area (Å²) < 4.78 is 0. The number of nitrogens with two attached hydrogens (primary N) is 1. The second-order valence-electron chi connectivity index (χ2n) is 7.95. The van der Waals surface area contributed by atoms with Gasteiger partial charge in [0.1, 0.15) is 18.1 Å². The molecule has 0 radical (unpaired) electrons. The maximum Gasteiger partial charge on any atom is 0.326 e. The first-order valence-corrected chi connectivity index (χ1v) is 9.87. The van der Waals surface area contributed by atoms with Crippen LogP contribution in [0.5, 0.6) is 0 Å². The lowest BCUT2D eigenvalue weighted by Crippen LogP contribution is -2.60. The van der Waals surface area contributed by atoms with Gasteiger partial charge in [-0.3, -0.25) is 14.4 Å². The fourth-order valence-electron chi connectivity index (χ4n) is 2.52. The summed E-state index contributed by atoms with van der Waals surface area (Å²) in [4.78, 5) is 48.5. The molecule has 0 aliphatic carbocycles. The molecule has 5 atom stereocenters. The van der Waals surface area contributed by atoms with Gasteiger partial charge in [0.25, 0.3) is 0 Å². The Morgan fingerprint density at radius 3 is 1.69 bits per heavy atom. The van der Waals surface area contributed by atoms with Gasteiger partial charge in [-0.05, 0) is 17.8 Å². The van der Waals surface area contributed by atoms with E-state index in [0.717, 1.165) is 0 Å². The van der Waals surface area contributed by atoms with Crippen LogP contribution in [0.25, 0.3) is 0 Å². The molecule has 0 bridgehead atoms. The topological polar surface area (TPSA) is 171 Å². The fourth-order valence-corrected chi connectivity index (χ4v) is 2.52. The fraction of sp³-hybridized carbons (Fsp3) is 0.789. The van der Waals surface area contributed by atoms with Crippen molar-refractivity contribution in [3.63, 3.8) is 0 Å². The predicted octanol–water partition coefficient (Wildman–Crippen LogP) is -0.797. The van der Waals surface area contributed by atoms with Crippen molar-refractivity contribution in [2.75, 3.05) is 6.61 Å². The van der Waals surface area contributed by atoms with Gasteiger partial charge >= 0.3 is 5.97 Å². The van der Waals surface area contributed by atoms with Crippen molar-refractivity contribution in [1.29, 1.82) is 0 Å². The van der Waals surface area contributed by atoms with Crippen molar-refractivity contribution in [3.8, 4) is 0 Å². The van der Waals surface area contributed by atoms with E-state index in [9.17, 15) is 29.4 Å². The highest BCUT2D eigenvalue weighted by Crippen LogP contribution is 2.08. The zero-order valence-corrected chi connectivity index (χ0v) is 18.1. The van der Waals surface area contributed by atoms with Crippen LogP contribution in [0.2, 0.25) is 0 Å². The Labute approximate surface area is 172 Å². The molecule has 29 heavy (non-hydrogen) atoms. The molecule has 0 saturated heterocycles. The molecule has 3 amide bonds. The van der Waals surface area contributed by atoms with Gasteiger partial charge in [0.15, 0.2) is 0 Å². The highest BCUT2D eigenvalue weighted by Gasteiger charge is 2.32. The molecule has 0 heterocycles. The molecule has 0 aromatic rings. The molecule has 7 N–H and O–H groups in total. The normalized spacial score (nSPS) is 16.5. The maximum atomic E-state index is 12.6. The van der Waals surface area contributed by atoms with Crippen LogP contribution < -0.4 is 21.7 Å². The summed E-state index contributed by atoms with van der Waals surface area (Å²) in [6, 6.07) is -4.28. The van der Waals surface area contributed by atoms with Crippen molar-refractivity contribution in [1.82, 2.24) is 16.0 Å². The van der Waals surface area contributed by atoms with E-state index in [1.807, 2.05) is 13.8 Å². The van der Waals surface area contributed by atoms with Gasteiger partial charge in [-0.1, -0.05) is 48.0 Å². The summed E-state index contributed by atoms with van der Waals surface area (Å²) in [5.74, 6) is -3.98. The van der Waals surface area contributed by atoms with Crippen LogP contribution in [0, 0.1) is 17.8 Å². The molecule has 168 valence electrons. The highest BCUT2D eigenvalue weighted by atomic mass is 16.4. The molecular formula is C19H36N4O6. The minimum atomic E-state index is -1.36. The standard InChI is InChI=1S/C19H36N4O6/c1-7-11(6)13(20)17(26)22-14(9(2)3)18(27)21-12(8-24)16(25)23-15(10(4)5)19(28)29/h9-15,24H,7-8,20H2,1-6H3,(H,21,27)(H,22,26)(H,23,25)(H,28,29)/t11-,12-,13-,14-,15-/m0/s1. The van der Waals surface area contributed by atoms with Gasteiger partial charge in [-0.25, -0.2) is 4.79 Å². The van der Waals surface area contributed by atoms with E-state index >= 15 is 0 Å². The van der Waals surface area contributed by atoms with Gasteiger partial charge in [0.05, 0.1) is 12.6 Å². The van der Waals surface area contributed by atoms with Crippen LogP contribution in [0.3, 0.4) is 0 Å². The van der Waals surface area contributed by atoms with Crippen molar-refractivity contribution in [2.45, 2.75) is 72.1 Å². The van der Waals surface area contributed by atoms with E-state index in [1.165, 1.54) is 0 Å². The maximum absolute atomic E-state index is 12.6. The van der Waals surface area contributed by atoms with E-state index in [1.54, 1.807) is 27.7 Å². The molecule has 0 spiro atoms. The molecule has 0 rings (SSSR count). The molecular weight excluding hydrogens is 380 g/mol. The zero-order valence-electron chi connectivity index (χ0n) is 18.1. The van der Waals surface area contributed by atoms with Crippen molar-refractivity contribution >= 4 is 23.7 Å². The van der Waals surface area contributed by atoms with E-state index < -0.39 is 60.4 Å². The van der Waals surface area contributed by atoms with Crippen LogP contribution in [-0.2, 0) is 19.2 Å². The largest absolute Gasteiger partial charge is 0.480 e. The Kier molecular flexibility index (Phi) is 11.4. The van der Waals surface area contributed by atoms with Gasteiger partial charge < -0.3 is 31.9 Å². The molecule has 0 aliphatic rings. The smallest absolute Gasteiger partial charge is 0.326 e. The van der Waals surface area contributed by atoms with Gasteiger partial charge in [0, 0.05) is 0 Å². The number of aliphatic hydroxyl groups excluding tert-OH is 1. The molecule has 10 heteroatoms. The second-order valence-corrected chi connectivity index (χ2v) is 7.95. The summed E-state index contributed by atoms with van der Waals surface area (Å²) in [7, 11) is 0. The van der Waals surface area contributed by atoms with Crippen LogP contribution in [0.15, 0.2) is 0 Å². The Bertz CT molecular complexity index is 581. The third kappa shape index (κ3) is 8.36. The molecule has 0 aromatic heterocycles. The van der Waals surface area contributed by atoms with Crippen LogP contribution in [0.4, 0.5) is 0 Å². The minimum absolute atomic E-state index is 0.0779. The third-order valence-electron chi connectivity index (χ3n) is 4.85. The molecule has 0 aromatic carbocycles. The van der Waals surface area contributed by atoms with Crippen molar-refractivity contribution in [3.05, 3.63) is 0 Å². The SMILES string of the molecule is CC[C@H](C)[C@H](N)C(=O)N[C@H](C(=O)N[C@@H](CO)C(=O)N[C@H](C(=O)O)C(C)C)C(C)C. The van der Waals surface area contributed by atoms with E-state index in [-0.39, 0.29) is 11.8 Å². The minimum Gasteiger partial charge on any atom is -0.480 e. The third-order valence-corrected chi connectivity index (χ3v) is 4.85. The van der Waals surface area contributed by atoms with Gasteiger partial charge in [0.2, 0.25) is 17.7 Å². The number of hydrogen-bond donors (Lipinski definition) is 6. The monoisotopic (exact) mass is 416 g/mol. The first kappa shape index (κ1) is 26.8. The Morgan fingerprint density at radius 2 is 1.31 bits per heavy atom. The number of amides is 3. The Hall–Kier alpha value is -2.20. The molecule has 0 fully saturated rings. The number of carbonyl (C=O) groups is 4. The summed E-state index contributed by atoms with van der Waals surface area (Å²) in [5, 5.41) is 25.9. The first-order valence-electron chi connectivity index (χ1n) is 9.87. The first-order chi connectivity index (χ1) is 13.4. The number of nitrogens with one attached hydrogen (secondary N) is 3. The van der Waals surface area contributed by atoms with Crippen LogP contribution in [-0.4, -0.2) is 64.7 Å². The summed E-state index contributed by atoms with van der Waals surface area (Å²) >= 11 is 0. The van der Waals surface area contributed by atoms with E-state index in [4.69, 9.17) is 5.73 Å². The van der Waals surface area contributed by atoms with E-state index in [0.29, 0.717) is 6.42 Å². The van der Waals surface area contributed by atoms with Crippen molar-refractivity contribution in [2.24, 2.45) is 23.5 Å². The summed E-state index contributed by atoms with van der Waals surface area (Å²) in [6.07, 6.45) is 0.695. The molecule has 0 unspecified atom stereocenters. The number of aliphatic hydroxyl groups is 1. The van der Waals surface area contributed by atoms with Crippen LogP contribution in [0.1, 0.15) is 48.0 Å². The predicted molar refractivity (Wildman–Crippen MR) is 108 cm³/mol. The number of carbonyl (C=O) groups excluding carboxylic acids is 3. The molecule has 0 saturated carbocycles. The summed E-state index contributed by atoms with van der Waals surface area (Å²) in [5.41, 5.74) is 5.90. The number of hydrogen-bond acceptors (Lipinski definition) is 6. The number of rotatable bonds is 12. The van der Waals surface area contributed by atoms with Gasteiger partial charge in [-0.15, -0.1) is 0 Å². The average Bonchev–Trinajstić information content (AvgIpc) is 2.65. The number of aliphatic carboxylic acids is 1. The lowest BCUT2D eigenvalue weighted by atomic mass is 9.97. The van der Waals surface area contributed by atoms with E-state index in [2.05, 4.69) is 16.0 Å². The lowest BCUT2D eigenvalue weighted by Gasteiger charge is -2.27. The van der Waals surface area contributed by atoms with Gasteiger partial charge in [-0.2, -0.15) is 0 Å². The van der Waals surface area contributed by atoms with Crippen LogP contribution >= 0.6 is 0 Å². The second kappa shape index (κ2) is 12.4. The summed E-state index contributed by atoms with van der Waals surface area (Å²) in [6.45, 7) is 9.67. The zero-order chi connectivity index (χ0) is 22.9. The molecule has 10 nitrogen and oxygen atoms in total. The Balaban J connectivity index is 5.20.